The van der Waals surface area contributed by atoms with E-state index in [9.17, 15) is 9.59 Å². The van der Waals surface area contributed by atoms with E-state index in [0.29, 0.717) is 0 Å². The molecule has 3 unspecified atom stereocenters. The number of carbonyl (C=O) groups excluding carboxylic acids is 1. The third-order valence-electron chi connectivity index (χ3n) is 3.14. The van der Waals surface area contributed by atoms with E-state index < -0.39 is 17.9 Å². The van der Waals surface area contributed by atoms with Crippen molar-refractivity contribution in [2.45, 2.75) is 26.8 Å². The number of carboxylic acid groups (broad SMARTS) is 1. The van der Waals surface area contributed by atoms with Crippen LogP contribution in [-0.4, -0.2) is 36.2 Å². The number of rotatable bonds is 4. The van der Waals surface area contributed by atoms with Crippen LogP contribution in [0, 0.1) is 17.8 Å². The second kappa shape index (κ2) is 5.30. The Labute approximate surface area is 95.2 Å². The highest BCUT2D eigenvalue weighted by Gasteiger charge is 2.35. The molecule has 3 atom stereocenters. The van der Waals surface area contributed by atoms with Gasteiger partial charge in [-0.2, -0.15) is 0 Å². The lowest BCUT2D eigenvalue weighted by molar-refractivity contribution is -0.142. The summed E-state index contributed by atoms with van der Waals surface area (Å²) in [6.45, 7) is 6.23. The minimum absolute atomic E-state index is 0.100. The summed E-state index contributed by atoms with van der Waals surface area (Å²) in [6.07, 6.45) is 0. The van der Waals surface area contributed by atoms with Gasteiger partial charge < -0.3 is 15.2 Å². The van der Waals surface area contributed by atoms with Gasteiger partial charge in [0.25, 0.3) is 0 Å². The molecule has 2 N–H and O–H groups in total. The summed E-state index contributed by atoms with van der Waals surface area (Å²) in [6, 6.07) is -0.397. The maximum Gasteiger partial charge on any atom is 0.311 e. The second-order valence-electron chi connectivity index (χ2n) is 4.63. The van der Waals surface area contributed by atoms with Crippen molar-refractivity contribution in [1.82, 2.24) is 5.32 Å². The minimum atomic E-state index is -0.917. The molecule has 16 heavy (non-hydrogen) atoms. The van der Waals surface area contributed by atoms with E-state index in [0.717, 1.165) is 0 Å². The molecule has 0 aliphatic carbocycles. The maximum absolute atomic E-state index is 11.7. The van der Waals surface area contributed by atoms with Crippen LogP contribution in [0.25, 0.3) is 0 Å². The first-order valence-electron chi connectivity index (χ1n) is 5.54. The number of amides is 1. The van der Waals surface area contributed by atoms with Gasteiger partial charge >= 0.3 is 5.97 Å². The highest BCUT2D eigenvalue weighted by atomic mass is 16.5. The quantitative estimate of drug-likeness (QED) is 0.735. The molecule has 0 bridgehead atoms. The lowest BCUT2D eigenvalue weighted by Crippen LogP contribution is -2.45. The third kappa shape index (κ3) is 2.95. The van der Waals surface area contributed by atoms with E-state index in [2.05, 4.69) is 5.32 Å². The Kier molecular flexibility index (Phi) is 4.29. The summed E-state index contributed by atoms with van der Waals surface area (Å²) in [5.41, 5.74) is 0. The Morgan fingerprint density at radius 1 is 1.31 bits per heavy atom. The Hall–Kier alpha value is -1.10. The molecule has 1 heterocycles. The summed E-state index contributed by atoms with van der Waals surface area (Å²) in [5, 5.41) is 11.7. The van der Waals surface area contributed by atoms with Crippen molar-refractivity contribution in [2.75, 3.05) is 13.2 Å². The first-order chi connectivity index (χ1) is 7.43. The fourth-order valence-corrected chi connectivity index (χ4v) is 1.56. The van der Waals surface area contributed by atoms with E-state index in [1.165, 1.54) is 0 Å². The fraction of sp³-hybridized carbons (Fsp3) is 0.818. The van der Waals surface area contributed by atoms with Crippen LogP contribution in [0.1, 0.15) is 20.8 Å². The zero-order valence-electron chi connectivity index (χ0n) is 9.90. The first kappa shape index (κ1) is 13.0. The van der Waals surface area contributed by atoms with Crippen LogP contribution in [0.2, 0.25) is 0 Å². The molecule has 0 radical (unpaired) electrons. The summed E-state index contributed by atoms with van der Waals surface area (Å²) in [4.78, 5) is 22.6. The molecule has 1 amide bonds. The van der Waals surface area contributed by atoms with Gasteiger partial charge in [0.05, 0.1) is 19.3 Å². The van der Waals surface area contributed by atoms with E-state index >= 15 is 0 Å². The van der Waals surface area contributed by atoms with Gasteiger partial charge in [0.1, 0.15) is 5.92 Å². The molecule has 0 spiro atoms. The van der Waals surface area contributed by atoms with Crippen LogP contribution < -0.4 is 5.32 Å². The topological polar surface area (TPSA) is 75.6 Å². The van der Waals surface area contributed by atoms with E-state index in [1.807, 2.05) is 20.8 Å². The highest BCUT2D eigenvalue weighted by molar-refractivity contribution is 5.80. The number of hydrogen-bond donors (Lipinski definition) is 2. The molecule has 1 fully saturated rings. The maximum atomic E-state index is 11.7. The van der Waals surface area contributed by atoms with Crippen LogP contribution in [0.4, 0.5) is 0 Å². The molecule has 1 rings (SSSR count). The van der Waals surface area contributed by atoms with Crippen LogP contribution >= 0.6 is 0 Å². The number of hydrogen-bond acceptors (Lipinski definition) is 3. The van der Waals surface area contributed by atoms with Gasteiger partial charge in [-0.3, -0.25) is 9.59 Å². The van der Waals surface area contributed by atoms with E-state index in [-0.39, 0.29) is 31.0 Å². The number of ether oxygens (including phenoxy) is 1. The van der Waals surface area contributed by atoms with Crippen molar-refractivity contribution in [3.8, 4) is 0 Å². The highest BCUT2D eigenvalue weighted by Crippen LogP contribution is 2.16. The van der Waals surface area contributed by atoms with E-state index in [4.69, 9.17) is 9.84 Å². The van der Waals surface area contributed by atoms with Crippen LogP contribution in [0.15, 0.2) is 0 Å². The predicted octanol–water partition coefficient (Wildman–Crippen LogP) is 0.494. The molecular weight excluding hydrogens is 210 g/mol. The summed E-state index contributed by atoms with van der Waals surface area (Å²) in [5.74, 6) is -1.51. The third-order valence-corrected chi connectivity index (χ3v) is 3.14. The zero-order chi connectivity index (χ0) is 12.3. The summed E-state index contributed by atoms with van der Waals surface area (Å²) >= 11 is 0. The Morgan fingerprint density at radius 3 is 2.44 bits per heavy atom. The van der Waals surface area contributed by atoms with Gasteiger partial charge in [-0.25, -0.2) is 0 Å². The number of carboxylic acids is 1. The van der Waals surface area contributed by atoms with Gasteiger partial charge in [0, 0.05) is 5.92 Å². The van der Waals surface area contributed by atoms with Crippen molar-refractivity contribution in [1.29, 1.82) is 0 Å². The Morgan fingerprint density at radius 2 is 1.94 bits per heavy atom. The molecule has 0 aromatic heterocycles. The Balaban J connectivity index is 2.53. The SMILES string of the molecule is CC(C)C(C)C(=O)NC1COCC1C(=O)O. The summed E-state index contributed by atoms with van der Waals surface area (Å²) in [7, 11) is 0. The zero-order valence-corrected chi connectivity index (χ0v) is 9.90. The van der Waals surface area contributed by atoms with Crippen LogP contribution in [-0.2, 0) is 14.3 Å². The van der Waals surface area contributed by atoms with Crippen molar-refractivity contribution in [3.05, 3.63) is 0 Å². The first-order valence-corrected chi connectivity index (χ1v) is 5.54. The lowest BCUT2D eigenvalue weighted by atomic mass is 9.96. The van der Waals surface area contributed by atoms with Crippen molar-refractivity contribution in [2.24, 2.45) is 17.8 Å². The number of nitrogens with one attached hydrogen (secondary N) is 1. The number of aliphatic carboxylic acids is 1. The second-order valence-corrected chi connectivity index (χ2v) is 4.63. The summed E-state index contributed by atoms with van der Waals surface area (Å²) < 4.78 is 5.08. The largest absolute Gasteiger partial charge is 0.481 e. The normalized spacial score (nSPS) is 26.8. The van der Waals surface area contributed by atoms with E-state index in [1.54, 1.807) is 0 Å². The average Bonchev–Trinajstić information content (AvgIpc) is 2.64. The predicted molar refractivity (Wildman–Crippen MR) is 57.9 cm³/mol. The van der Waals surface area contributed by atoms with Crippen molar-refractivity contribution < 1.29 is 19.4 Å². The average molecular weight is 229 g/mol. The molecule has 0 aromatic carbocycles. The van der Waals surface area contributed by atoms with Gasteiger partial charge in [-0.1, -0.05) is 20.8 Å². The molecule has 92 valence electrons. The minimum Gasteiger partial charge on any atom is -0.481 e. The number of carbonyl (C=O) groups is 2. The molecule has 1 saturated heterocycles. The van der Waals surface area contributed by atoms with Gasteiger partial charge in [0.2, 0.25) is 5.91 Å². The van der Waals surface area contributed by atoms with Crippen molar-refractivity contribution >= 4 is 11.9 Å². The molecule has 1 aliphatic rings. The molecule has 5 heteroatoms. The molecular formula is C11H19NO4. The van der Waals surface area contributed by atoms with Gasteiger partial charge in [-0.15, -0.1) is 0 Å². The molecule has 5 nitrogen and oxygen atoms in total. The van der Waals surface area contributed by atoms with Crippen LogP contribution in [0.5, 0.6) is 0 Å². The molecule has 0 aromatic rings. The van der Waals surface area contributed by atoms with Crippen LogP contribution in [0.3, 0.4) is 0 Å². The standard InChI is InChI=1S/C11H19NO4/c1-6(2)7(3)10(13)12-9-5-16-4-8(9)11(14)15/h6-9H,4-5H2,1-3H3,(H,12,13)(H,14,15). The van der Waals surface area contributed by atoms with Gasteiger partial charge in [-0.05, 0) is 5.92 Å². The molecule has 0 saturated carbocycles. The van der Waals surface area contributed by atoms with Gasteiger partial charge in [0.15, 0.2) is 0 Å². The smallest absolute Gasteiger partial charge is 0.311 e. The molecule has 1 aliphatic heterocycles. The monoisotopic (exact) mass is 229 g/mol. The Bertz CT molecular complexity index is 277. The fourth-order valence-electron chi connectivity index (χ4n) is 1.56. The van der Waals surface area contributed by atoms with Crippen molar-refractivity contribution in [3.63, 3.8) is 0 Å². The lowest BCUT2D eigenvalue weighted by Gasteiger charge is -2.20.